The van der Waals surface area contributed by atoms with E-state index < -0.39 is 11.9 Å². The lowest BCUT2D eigenvalue weighted by Crippen LogP contribution is -2.54. The summed E-state index contributed by atoms with van der Waals surface area (Å²) in [6, 6.07) is 0. The third-order valence-electron chi connectivity index (χ3n) is 3.94. The second-order valence-corrected chi connectivity index (χ2v) is 5.25. The number of rotatable bonds is 3. The molecule has 0 aromatic carbocycles. The van der Waals surface area contributed by atoms with Gasteiger partial charge in [0.05, 0.1) is 11.8 Å². The Balaban J connectivity index is 1.86. The van der Waals surface area contributed by atoms with Crippen LogP contribution in [0.3, 0.4) is 0 Å². The Hall–Kier alpha value is -1.14. The molecule has 0 aromatic rings. The molecule has 2 aliphatic rings. The second kappa shape index (κ2) is 5.67. The average molecular weight is 255 g/mol. The number of aliphatic carboxylic acids is 1. The van der Waals surface area contributed by atoms with Crippen LogP contribution in [0.25, 0.3) is 0 Å². The smallest absolute Gasteiger partial charge is 0.307 e. The molecule has 1 amide bonds. The normalized spacial score (nSPS) is 30.3. The van der Waals surface area contributed by atoms with Crippen LogP contribution in [0.2, 0.25) is 0 Å². The number of carboxylic acid groups (broad SMARTS) is 1. The number of amides is 1. The van der Waals surface area contributed by atoms with Gasteiger partial charge in [0.1, 0.15) is 0 Å². The lowest BCUT2D eigenvalue weighted by Gasteiger charge is -2.33. The van der Waals surface area contributed by atoms with Gasteiger partial charge >= 0.3 is 5.97 Å². The van der Waals surface area contributed by atoms with Gasteiger partial charge in [-0.25, -0.2) is 5.01 Å². The molecule has 18 heavy (non-hydrogen) atoms. The maximum absolute atomic E-state index is 12.1. The molecular weight excluding hydrogens is 234 g/mol. The van der Waals surface area contributed by atoms with E-state index in [-0.39, 0.29) is 11.8 Å². The number of likely N-dealkylation sites (N-methyl/N-ethyl adjacent to an activating group) is 1. The zero-order chi connectivity index (χ0) is 13.1. The van der Waals surface area contributed by atoms with Crippen LogP contribution in [-0.2, 0) is 9.59 Å². The van der Waals surface area contributed by atoms with Crippen LogP contribution in [0.4, 0.5) is 0 Å². The van der Waals surface area contributed by atoms with Crippen LogP contribution in [-0.4, -0.2) is 60.1 Å². The molecule has 102 valence electrons. The summed E-state index contributed by atoms with van der Waals surface area (Å²) in [6.07, 6.45) is 2.14. The highest BCUT2D eigenvalue weighted by Crippen LogP contribution is 2.32. The van der Waals surface area contributed by atoms with Crippen molar-refractivity contribution >= 4 is 11.9 Å². The molecule has 2 N–H and O–H groups in total. The van der Waals surface area contributed by atoms with E-state index >= 15 is 0 Å². The topological polar surface area (TPSA) is 72.9 Å². The van der Waals surface area contributed by atoms with E-state index in [1.807, 2.05) is 5.01 Å². The zero-order valence-corrected chi connectivity index (χ0v) is 10.8. The molecule has 1 aliphatic heterocycles. The van der Waals surface area contributed by atoms with Gasteiger partial charge in [0.15, 0.2) is 0 Å². The molecule has 1 heterocycles. The first-order valence-corrected chi connectivity index (χ1v) is 6.54. The Morgan fingerprint density at radius 1 is 1.11 bits per heavy atom. The van der Waals surface area contributed by atoms with E-state index in [1.165, 1.54) is 0 Å². The summed E-state index contributed by atoms with van der Waals surface area (Å²) >= 11 is 0. The maximum atomic E-state index is 12.1. The maximum Gasteiger partial charge on any atom is 0.307 e. The van der Waals surface area contributed by atoms with E-state index in [4.69, 9.17) is 5.11 Å². The van der Waals surface area contributed by atoms with Crippen LogP contribution < -0.4 is 5.43 Å². The molecule has 2 unspecified atom stereocenters. The minimum atomic E-state index is -0.842. The van der Waals surface area contributed by atoms with E-state index in [0.29, 0.717) is 12.8 Å². The van der Waals surface area contributed by atoms with Crippen molar-refractivity contribution < 1.29 is 14.7 Å². The SMILES string of the molecule is CN1CCN(NC(=O)C2CCCC2C(=O)O)CC1. The molecule has 2 atom stereocenters. The highest BCUT2D eigenvalue weighted by Gasteiger charge is 2.38. The van der Waals surface area contributed by atoms with Crippen molar-refractivity contribution in [1.29, 1.82) is 0 Å². The van der Waals surface area contributed by atoms with Crippen molar-refractivity contribution in [3.8, 4) is 0 Å². The van der Waals surface area contributed by atoms with Crippen LogP contribution in [0.1, 0.15) is 19.3 Å². The summed E-state index contributed by atoms with van der Waals surface area (Å²) < 4.78 is 0. The number of hydrazine groups is 1. The van der Waals surface area contributed by atoms with Gasteiger partial charge in [0.2, 0.25) is 5.91 Å². The summed E-state index contributed by atoms with van der Waals surface area (Å²) in [6.45, 7) is 3.44. The minimum Gasteiger partial charge on any atom is -0.481 e. The van der Waals surface area contributed by atoms with Gasteiger partial charge in [-0.05, 0) is 19.9 Å². The van der Waals surface area contributed by atoms with E-state index in [1.54, 1.807) is 0 Å². The monoisotopic (exact) mass is 255 g/mol. The highest BCUT2D eigenvalue weighted by molar-refractivity contribution is 5.84. The van der Waals surface area contributed by atoms with Crippen molar-refractivity contribution in [2.24, 2.45) is 11.8 Å². The molecule has 6 nitrogen and oxygen atoms in total. The summed E-state index contributed by atoms with van der Waals surface area (Å²) in [5, 5.41) is 11.0. The molecule has 0 radical (unpaired) electrons. The molecule has 0 aromatic heterocycles. The van der Waals surface area contributed by atoms with Gasteiger partial charge in [-0.3, -0.25) is 15.0 Å². The zero-order valence-electron chi connectivity index (χ0n) is 10.8. The predicted molar refractivity (Wildman–Crippen MR) is 65.7 cm³/mol. The van der Waals surface area contributed by atoms with Gasteiger partial charge in [-0.2, -0.15) is 0 Å². The standard InChI is InChI=1S/C12H21N3O3/c1-14-5-7-15(8-6-14)13-11(16)9-3-2-4-10(9)12(17)18/h9-10H,2-8H2,1H3,(H,13,16)(H,17,18). The molecule has 1 aliphatic carbocycles. The number of hydrogen-bond acceptors (Lipinski definition) is 4. The van der Waals surface area contributed by atoms with Crippen molar-refractivity contribution in [3.63, 3.8) is 0 Å². The Labute approximate surface area is 107 Å². The average Bonchev–Trinajstić information content (AvgIpc) is 2.81. The predicted octanol–water partition coefficient (Wildman–Crippen LogP) is -0.234. The fourth-order valence-corrected chi connectivity index (χ4v) is 2.73. The third kappa shape index (κ3) is 3.00. The number of carbonyl (C=O) groups is 2. The number of hydrogen-bond donors (Lipinski definition) is 2. The number of piperazine rings is 1. The Bertz CT molecular complexity index is 327. The molecule has 0 spiro atoms. The van der Waals surface area contributed by atoms with Gasteiger partial charge in [0.25, 0.3) is 0 Å². The van der Waals surface area contributed by atoms with Crippen molar-refractivity contribution in [2.75, 3.05) is 33.2 Å². The van der Waals surface area contributed by atoms with Crippen molar-refractivity contribution in [2.45, 2.75) is 19.3 Å². The molecule has 2 rings (SSSR count). The van der Waals surface area contributed by atoms with Gasteiger partial charge in [-0.1, -0.05) is 6.42 Å². The van der Waals surface area contributed by atoms with Gasteiger partial charge in [0, 0.05) is 26.2 Å². The van der Waals surface area contributed by atoms with Gasteiger partial charge < -0.3 is 10.0 Å². The van der Waals surface area contributed by atoms with Crippen LogP contribution >= 0.6 is 0 Å². The van der Waals surface area contributed by atoms with Gasteiger partial charge in [-0.15, -0.1) is 0 Å². The molecular formula is C12H21N3O3. The lowest BCUT2D eigenvalue weighted by atomic mass is 9.96. The van der Waals surface area contributed by atoms with E-state index in [0.717, 1.165) is 32.6 Å². The second-order valence-electron chi connectivity index (χ2n) is 5.25. The van der Waals surface area contributed by atoms with Crippen LogP contribution in [0, 0.1) is 11.8 Å². The summed E-state index contributed by atoms with van der Waals surface area (Å²) in [5.74, 6) is -1.82. The van der Waals surface area contributed by atoms with Crippen LogP contribution in [0.15, 0.2) is 0 Å². The number of carboxylic acids is 1. The number of nitrogens with zero attached hydrogens (tertiary/aromatic N) is 2. The summed E-state index contributed by atoms with van der Waals surface area (Å²) in [4.78, 5) is 25.3. The minimum absolute atomic E-state index is 0.121. The fraction of sp³-hybridized carbons (Fsp3) is 0.833. The van der Waals surface area contributed by atoms with E-state index in [9.17, 15) is 9.59 Å². The quantitative estimate of drug-likeness (QED) is 0.728. The largest absolute Gasteiger partial charge is 0.481 e. The number of nitrogens with one attached hydrogen (secondary N) is 1. The lowest BCUT2D eigenvalue weighted by molar-refractivity contribution is -0.147. The number of carbonyl (C=O) groups excluding carboxylic acids is 1. The molecule has 2 fully saturated rings. The third-order valence-corrected chi connectivity index (χ3v) is 3.94. The fourth-order valence-electron chi connectivity index (χ4n) is 2.73. The Morgan fingerprint density at radius 3 is 2.33 bits per heavy atom. The molecule has 6 heteroatoms. The highest BCUT2D eigenvalue weighted by atomic mass is 16.4. The van der Waals surface area contributed by atoms with E-state index in [2.05, 4.69) is 17.4 Å². The first-order valence-electron chi connectivity index (χ1n) is 6.54. The Kier molecular flexibility index (Phi) is 4.19. The molecule has 1 saturated heterocycles. The van der Waals surface area contributed by atoms with Crippen molar-refractivity contribution in [3.05, 3.63) is 0 Å². The molecule has 1 saturated carbocycles. The summed E-state index contributed by atoms with van der Waals surface area (Å²) in [7, 11) is 2.05. The first kappa shape index (κ1) is 13.3. The van der Waals surface area contributed by atoms with Crippen molar-refractivity contribution in [1.82, 2.24) is 15.3 Å². The van der Waals surface area contributed by atoms with Crippen LogP contribution in [0.5, 0.6) is 0 Å². The first-order chi connectivity index (χ1) is 8.58. The summed E-state index contributed by atoms with van der Waals surface area (Å²) in [5.41, 5.74) is 2.87. The Morgan fingerprint density at radius 2 is 1.72 bits per heavy atom. The molecule has 0 bridgehead atoms.